The van der Waals surface area contributed by atoms with Crippen LogP contribution in [0.15, 0.2) is 24.3 Å². The van der Waals surface area contributed by atoms with E-state index >= 15 is 0 Å². The first kappa shape index (κ1) is 34.4. The summed E-state index contributed by atoms with van der Waals surface area (Å²) in [6.45, 7) is 2.42. The van der Waals surface area contributed by atoms with E-state index in [9.17, 15) is 0 Å². The molecule has 6 aliphatic rings. The van der Waals surface area contributed by atoms with Crippen molar-refractivity contribution in [1.82, 2.24) is 19.9 Å². The summed E-state index contributed by atoms with van der Waals surface area (Å²) in [6, 6.07) is 9.32. The van der Waals surface area contributed by atoms with Crippen molar-refractivity contribution in [2.75, 3.05) is 0 Å². The molecule has 0 saturated heterocycles. The zero-order chi connectivity index (χ0) is 32.7. The summed E-state index contributed by atoms with van der Waals surface area (Å²) in [6.07, 6.45) is 33.6. The average Bonchev–Trinajstić information content (AvgIpc) is 3.98. The van der Waals surface area contributed by atoms with Gasteiger partial charge < -0.3 is 9.97 Å². The van der Waals surface area contributed by atoms with E-state index in [0.29, 0.717) is 23.7 Å². The Hall–Kier alpha value is -2.71. The van der Waals surface area contributed by atoms with Crippen molar-refractivity contribution in [3.8, 4) is 0 Å². The molecule has 0 N–H and O–H groups in total. The maximum Gasteiger partial charge on any atom is 2.00 e. The standard InChI is InChI=1S/C45H54N4.Pt/c1-29-17-19-33(20-18-29)45-40-27-25-38(48-40)43(31-13-7-3-8-14-31)36-23-21-34(46-36)42(30-11-5-2-6-12-30)35-22-24-37(47-35)44(32-15-9-4-10-16-32)39-26-28-41(45)49-39;/h21-33H,2-20H2,1H3;/q-2;+2. The maximum absolute atomic E-state index is 5.59. The summed E-state index contributed by atoms with van der Waals surface area (Å²) < 4.78 is 0. The maximum atomic E-state index is 5.59. The number of rotatable bonds is 4. The molecule has 2 aliphatic heterocycles. The molecule has 4 saturated carbocycles. The van der Waals surface area contributed by atoms with Gasteiger partial charge in [0.25, 0.3) is 0 Å². The summed E-state index contributed by atoms with van der Waals surface area (Å²) in [5.74, 6) is 2.83. The normalized spacial score (nSPS) is 23.6. The third-order valence-electron chi connectivity index (χ3n) is 13.2. The predicted octanol–water partition coefficient (Wildman–Crippen LogP) is 12.3. The Labute approximate surface area is 313 Å². The third-order valence-corrected chi connectivity index (χ3v) is 13.2. The van der Waals surface area contributed by atoms with E-state index in [1.54, 1.807) is 0 Å². The van der Waals surface area contributed by atoms with Crippen LogP contribution in [0, 0.1) is 5.92 Å². The van der Waals surface area contributed by atoms with Gasteiger partial charge in [-0.05, 0) is 128 Å². The zero-order valence-corrected chi connectivity index (χ0v) is 32.3. The van der Waals surface area contributed by atoms with Crippen LogP contribution in [0.3, 0.4) is 0 Å². The van der Waals surface area contributed by atoms with Crippen LogP contribution in [0.25, 0.3) is 46.4 Å². The van der Waals surface area contributed by atoms with Gasteiger partial charge in [-0.3, -0.25) is 0 Å². The van der Waals surface area contributed by atoms with Crippen LogP contribution in [0.2, 0.25) is 0 Å². The fourth-order valence-electron chi connectivity index (χ4n) is 10.6. The van der Waals surface area contributed by atoms with Crippen LogP contribution < -0.4 is 9.97 Å². The molecule has 264 valence electrons. The molecular formula is C45H54N4Pt. The average molecular weight is 846 g/mol. The second kappa shape index (κ2) is 15.1. The van der Waals surface area contributed by atoms with Gasteiger partial charge in [-0.15, -0.1) is 22.1 Å². The van der Waals surface area contributed by atoms with Crippen LogP contribution in [0.5, 0.6) is 0 Å². The van der Waals surface area contributed by atoms with Crippen LogP contribution >= 0.6 is 0 Å². The monoisotopic (exact) mass is 845 g/mol. The van der Waals surface area contributed by atoms with Gasteiger partial charge in [-0.1, -0.05) is 102 Å². The topological polar surface area (TPSA) is 54.0 Å². The van der Waals surface area contributed by atoms with E-state index in [1.807, 2.05) is 0 Å². The molecule has 4 aliphatic carbocycles. The van der Waals surface area contributed by atoms with Crippen LogP contribution in [0.1, 0.15) is 198 Å². The fourth-order valence-corrected chi connectivity index (χ4v) is 10.6. The molecule has 5 heterocycles. The number of hydrogen-bond donors (Lipinski definition) is 0. The van der Waals surface area contributed by atoms with Crippen molar-refractivity contribution in [3.63, 3.8) is 0 Å². The summed E-state index contributed by atoms with van der Waals surface area (Å²) in [5.41, 5.74) is 14.7. The molecule has 0 aromatic carbocycles. The largest absolute Gasteiger partial charge is 2.00 e. The molecule has 0 spiro atoms. The second-order valence-corrected chi connectivity index (χ2v) is 16.5. The molecule has 5 heteroatoms. The first-order valence-corrected chi connectivity index (χ1v) is 20.2. The molecule has 9 rings (SSSR count). The van der Waals surface area contributed by atoms with Gasteiger partial charge in [0.15, 0.2) is 0 Å². The molecule has 4 fully saturated rings. The predicted molar refractivity (Wildman–Crippen MR) is 205 cm³/mol. The van der Waals surface area contributed by atoms with Crippen molar-refractivity contribution in [2.45, 2.75) is 153 Å². The van der Waals surface area contributed by atoms with Gasteiger partial charge in [0.2, 0.25) is 0 Å². The first-order valence-electron chi connectivity index (χ1n) is 20.2. The van der Waals surface area contributed by atoms with E-state index in [2.05, 4.69) is 55.5 Å². The Morgan fingerprint density at radius 2 is 0.680 bits per heavy atom. The van der Waals surface area contributed by atoms with Crippen molar-refractivity contribution < 1.29 is 21.1 Å². The van der Waals surface area contributed by atoms with Crippen LogP contribution in [0.4, 0.5) is 0 Å². The summed E-state index contributed by atoms with van der Waals surface area (Å²) in [5, 5.41) is 0. The Kier molecular flexibility index (Phi) is 10.4. The van der Waals surface area contributed by atoms with E-state index in [-0.39, 0.29) is 21.1 Å². The van der Waals surface area contributed by atoms with Crippen LogP contribution in [-0.4, -0.2) is 9.97 Å². The Morgan fingerprint density at radius 3 is 0.980 bits per heavy atom. The van der Waals surface area contributed by atoms with Crippen molar-refractivity contribution >= 4 is 46.4 Å². The number of aromatic nitrogens is 4. The number of nitrogens with zero attached hydrogens (tertiary/aromatic N) is 4. The van der Waals surface area contributed by atoms with Gasteiger partial charge >= 0.3 is 21.1 Å². The minimum absolute atomic E-state index is 0. The molecule has 3 aromatic heterocycles. The molecule has 3 aromatic rings. The molecule has 8 bridgehead atoms. The van der Waals surface area contributed by atoms with Gasteiger partial charge in [0.05, 0.1) is 22.8 Å². The van der Waals surface area contributed by atoms with E-state index in [4.69, 9.17) is 19.9 Å². The first-order chi connectivity index (χ1) is 24.2. The summed E-state index contributed by atoms with van der Waals surface area (Å²) >= 11 is 0. The van der Waals surface area contributed by atoms with Crippen LogP contribution in [-0.2, 0) is 21.1 Å². The minimum atomic E-state index is 0. The number of hydrogen-bond acceptors (Lipinski definition) is 2. The van der Waals surface area contributed by atoms with Crippen molar-refractivity contribution in [1.29, 1.82) is 0 Å². The third kappa shape index (κ3) is 6.68. The quantitative estimate of drug-likeness (QED) is 0.181. The molecular weight excluding hydrogens is 792 g/mol. The summed E-state index contributed by atoms with van der Waals surface area (Å²) in [4.78, 5) is 22.3. The Bertz CT molecular complexity index is 1880. The van der Waals surface area contributed by atoms with Gasteiger partial charge in [0.1, 0.15) is 0 Å². The Balaban J connectivity index is 0.00000361. The van der Waals surface area contributed by atoms with Gasteiger partial charge in [-0.25, -0.2) is 9.97 Å². The molecule has 4 nitrogen and oxygen atoms in total. The van der Waals surface area contributed by atoms with Gasteiger partial charge in [0, 0.05) is 0 Å². The molecule has 0 radical (unpaired) electrons. The second-order valence-electron chi connectivity index (χ2n) is 16.5. The van der Waals surface area contributed by atoms with Gasteiger partial charge in [-0.2, -0.15) is 0 Å². The van der Waals surface area contributed by atoms with Crippen molar-refractivity contribution in [3.05, 3.63) is 69.3 Å². The van der Waals surface area contributed by atoms with E-state index in [1.165, 1.54) is 144 Å². The molecule has 0 amide bonds. The SMILES string of the molecule is CC1CCC(c2c3nc(c(C4CCCCC4)c4ccc([n-]4)c(C4CCCCC4)c4nc(c(C5CCCCC5)c5ccc2[n-]5)C=C4)C=C3)CC1.[Pt+2]. The molecule has 0 unspecified atom stereocenters. The molecule has 0 atom stereocenters. The van der Waals surface area contributed by atoms with E-state index in [0.717, 1.165) is 50.8 Å². The smallest absolute Gasteiger partial charge is 0.657 e. The van der Waals surface area contributed by atoms with Crippen molar-refractivity contribution in [2.24, 2.45) is 5.92 Å². The van der Waals surface area contributed by atoms with E-state index < -0.39 is 0 Å². The zero-order valence-electron chi connectivity index (χ0n) is 30.0. The molecule has 50 heavy (non-hydrogen) atoms. The number of fused-ring (bicyclic) bond motifs is 8. The fraction of sp³-hybridized carbons (Fsp3) is 0.556. The summed E-state index contributed by atoms with van der Waals surface area (Å²) in [7, 11) is 0. The minimum Gasteiger partial charge on any atom is -0.657 e. The Morgan fingerprint density at radius 1 is 0.400 bits per heavy atom.